The zero-order valence-corrected chi connectivity index (χ0v) is 12.7. The molecular weight excluding hydrogens is 297 g/mol. The highest BCUT2D eigenvalue weighted by Crippen LogP contribution is 2.22. The molecule has 0 saturated carbocycles. The smallest absolute Gasteiger partial charge is 0.227 e. The van der Waals surface area contributed by atoms with Crippen molar-refractivity contribution >= 4 is 35.6 Å². The maximum absolute atomic E-state index is 13.7. The number of carbonyl (C=O) groups excluding carboxylic acids is 2. The van der Waals surface area contributed by atoms with Crippen LogP contribution in [-0.2, 0) is 9.59 Å². The van der Waals surface area contributed by atoms with E-state index in [4.69, 9.17) is 0 Å². The minimum absolute atomic E-state index is 0. The van der Waals surface area contributed by atoms with E-state index < -0.39 is 5.82 Å². The van der Waals surface area contributed by atoms with Crippen LogP contribution in [-0.4, -0.2) is 24.9 Å². The number of rotatable bonds is 4. The number of amides is 2. The molecule has 3 N–H and O–H groups in total. The lowest BCUT2D eigenvalue weighted by molar-refractivity contribution is -0.121. The van der Waals surface area contributed by atoms with Gasteiger partial charge in [0.2, 0.25) is 11.8 Å². The topological polar surface area (TPSA) is 70.2 Å². The molecule has 0 spiro atoms. The van der Waals surface area contributed by atoms with Crippen LogP contribution in [0.15, 0.2) is 18.2 Å². The Bertz CT molecular complexity index is 535. The molecule has 1 atom stereocenters. The van der Waals surface area contributed by atoms with E-state index in [-0.39, 0.29) is 41.7 Å². The second kappa shape index (κ2) is 7.38. The highest BCUT2D eigenvalue weighted by Gasteiger charge is 2.29. The molecule has 0 aromatic heterocycles. The molecule has 2 amide bonds. The van der Waals surface area contributed by atoms with Gasteiger partial charge >= 0.3 is 0 Å². The third-order valence-corrected chi connectivity index (χ3v) is 3.48. The molecule has 1 aromatic rings. The van der Waals surface area contributed by atoms with Gasteiger partial charge in [-0.15, -0.1) is 12.4 Å². The van der Waals surface area contributed by atoms with Crippen LogP contribution in [0.4, 0.5) is 15.8 Å². The van der Waals surface area contributed by atoms with Crippen LogP contribution in [0.2, 0.25) is 0 Å². The minimum atomic E-state index is -0.522. The first-order valence-electron chi connectivity index (χ1n) is 6.56. The Morgan fingerprint density at radius 1 is 1.33 bits per heavy atom. The Balaban J connectivity index is 0.00000220. The molecule has 1 aliphatic rings. The van der Waals surface area contributed by atoms with E-state index in [0.717, 1.165) is 13.1 Å². The summed E-state index contributed by atoms with van der Waals surface area (Å²) in [5.74, 6) is -0.874. The minimum Gasteiger partial charge on any atom is -0.326 e. The van der Waals surface area contributed by atoms with E-state index in [1.165, 1.54) is 25.1 Å². The van der Waals surface area contributed by atoms with Gasteiger partial charge in [-0.2, -0.15) is 0 Å². The molecule has 1 fully saturated rings. The molecule has 1 unspecified atom stereocenters. The molecule has 1 aliphatic heterocycles. The lowest BCUT2D eigenvalue weighted by atomic mass is 9.88. The molecule has 2 rings (SSSR count). The molecule has 5 nitrogen and oxygen atoms in total. The Hall–Kier alpha value is -1.66. The molecular formula is C14H19ClFN3O2. The van der Waals surface area contributed by atoms with Crippen molar-refractivity contribution in [3.63, 3.8) is 0 Å². The Kier molecular flexibility index (Phi) is 6.11. The van der Waals surface area contributed by atoms with Gasteiger partial charge < -0.3 is 16.0 Å². The molecule has 116 valence electrons. The summed E-state index contributed by atoms with van der Waals surface area (Å²) in [5.41, 5.74) is 0.535. The third-order valence-electron chi connectivity index (χ3n) is 3.48. The van der Waals surface area contributed by atoms with E-state index in [0.29, 0.717) is 5.69 Å². The van der Waals surface area contributed by atoms with Gasteiger partial charge in [0.15, 0.2) is 0 Å². The predicted octanol–water partition coefficient (Wildman–Crippen LogP) is 2.00. The summed E-state index contributed by atoms with van der Waals surface area (Å²) in [6.45, 7) is 4.82. The van der Waals surface area contributed by atoms with Crippen molar-refractivity contribution in [1.82, 2.24) is 5.32 Å². The second-order valence-corrected chi connectivity index (χ2v) is 5.07. The van der Waals surface area contributed by atoms with Crippen molar-refractivity contribution in [3.05, 3.63) is 24.0 Å². The van der Waals surface area contributed by atoms with Crippen LogP contribution in [0.1, 0.15) is 13.8 Å². The van der Waals surface area contributed by atoms with E-state index in [2.05, 4.69) is 16.0 Å². The normalized spacial score (nSPS) is 15.4. The Morgan fingerprint density at radius 3 is 2.52 bits per heavy atom. The van der Waals surface area contributed by atoms with Crippen molar-refractivity contribution in [3.8, 4) is 0 Å². The number of benzene rings is 1. The van der Waals surface area contributed by atoms with Crippen molar-refractivity contribution in [1.29, 1.82) is 0 Å². The fourth-order valence-electron chi connectivity index (χ4n) is 2.03. The van der Waals surface area contributed by atoms with Crippen LogP contribution >= 0.6 is 12.4 Å². The number of carbonyl (C=O) groups is 2. The van der Waals surface area contributed by atoms with Crippen LogP contribution in [0.5, 0.6) is 0 Å². The summed E-state index contributed by atoms with van der Waals surface area (Å²) in [5, 5.41) is 8.23. The fraction of sp³-hybridized carbons (Fsp3) is 0.429. The average Bonchev–Trinajstić information content (AvgIpc) is 2.30. The van der Waals surface area contributed by atoms with Crippen molar-refractivity contribution in [2.45, 2.75) is 13.8 Å². The highest BCUT2D eigenvalue weighted by molar-refractivity contribution is 5.94. The number of hydrogen-bond acceptors (Lipinski definition) is 3. The van der Waals surface area contributed by atoms with E-state index in [1.807, 2.05) is 6.92 Å². The van der Waals surface area contributed by atoms with Gasteiger partial charge in [0, 0.05) is 18.5 Å². The lowest BCUT2D eigenvalue weighted by Gasteiger charge is -2.31. The summed E-state index contributed by atoms with van der Waals surface area (Å²) in [4.78, 5) is 23.0. The molecule has 1 aromatic carbocycles. The largest absolute Gasteiger partial charge is 0.326 e. The molecule has 1 saturated heterocycles. The average molecular weight is 316 g/mol. The van der Waals surface area contributed by atoms with Gasteiger partial charge in [-0.05, 0) is 37.2 Å². The maximum Gasteiger partial charge on any atom is 0.227 e. The van der Waals surface area contributed by atoms with Gasteiger partial charge in [0.1, 0.15) is 5.82 Å². The monoisotopic (exact) mass is 315 g/mol. The summed E-state index contributed by atoms with van der Waals surface area (Å²) in [7, 11) is 0. The number of hydrogen-bond donors (Lipinski definition) is 3. The van der Waals surface area contributed by atoms with E-state index in [9.17, 15) is 14.0 Å². The lowest BCUT2D eigenvalue weighted by Crippen LogP contribution is -2.48. The third kappa shape index (κ3) is 4.41. The summed E-state index contributed by atoms with van der Waals surface area (Å²) >= 11 is 0. The van der Waals surface area contributed by atoms with Crippen LogP contribution in [0.25, 0.3) is 0 Å². The zero-order chi connectivity index (χ0) is 14.7. The SMILES string of the molecule is CC(=O)Nc1ccc(F)c(NC(=O)C(C)C2CNC2)c1.Cl. The predicted molar refractivity (Wildman–Crippen MR) is 82.1 cm³/mol. The first-order valence-corrected chi connectivity index (χ1v) is 6.56. The second-order valence-electron chi connectivity index (χ2n) is 5.07. The molecule has 1 heterocycles. The van der Waals surface area contributed by atoms with Crippen LogP contribution in [0, 0.1) is 17.7 Å². The highest BCUT2D eigenvalue weighted by atomic mass is 35.5. The molecule has 21 heavy (non-hydrogen) atoms. The van der Waals surface area contributed by atoms with Crippen molar-refractivity contribution < 1.29 is 14.0 Å². The van der Waals surface area contributed by atoms with Crippen LogP contribution < -0.4 is 16.0 Å². The van der Waals surface area contributed by atoms with Gasteiger partial charge in [-0.1, -0.05) is 6.92 Å². The van der Waals surface area contributed by atoms with E-state index in [1.54, 1.807) is 0 Å². The van der Waals surface area contributed by atoms with Crippen molar-refractivity contribution in [2.24, 2.45) is 11.8 Å². The van der Waals surface area contributed by atoms with Crippen molar-refractivity contribution in [2.75, 3.05) is 23.7 Å². The number of nitrogens with one attached hydrogen (secondary N) is 3. The Morgan fingerprint density at radius 2 is 2.00 bits per heavy atom. The first kappa shape index (κ1) is 17.4. The Labute approximate surface area is 129 Å². The van der Waals surface area contributed by atoms with Gasteiger partial charge in [-0.3, -0.25) is 9.59 Å². The molecule has 7 heteroatoms. The summed E-state index contributed by atoms with van der Waals surface area (Å²) < 4.78 is 13.7. The molecule has 0 radical (unpaired) electrons. The van der Waals surface area contributed by atoms with Gasteiger partial charge in [0.05, 0.1) is 5.69 Å². The zero-order valence-electron chi connectivity index (χ0n) is 11.9. The summed E-state index contributed by atoms with van der Waals surface area (Å²) in [6, 6.07) is 4.09. The van der Waals surface area contributed by atoms with E-state index >= 15 is 0 Å². The quantitative estimate of drug-likeness (QED) is 0.796. The molecule has 0 aliphatic carbocycles. The van der Waals surface area contributed by atoms with Gasteiger partial charge in [-0.25, -0.2) is 4.39 Å². The standard InChI is InChI=1S/C14H18FN3O2.ClH/c1-8(10-6-16-7-10)14(20)18-13-5-11(17-9(2)19)3-4-12(13)15;/h3-5,8,10,16H,6-7H2,1-2H3,(H,17,19)(H,18,20);1H. The fourth-order valence-corrected chi connectivity index (χ4v) is 2.03. The first-order chi connectivity index (χ1) is 9.47. The maximum atomic E-state index is 13.7. The number of halogens is 2. The molecule has 0 bridgehead atoms. The van der Waals surface area contributed by atoms with Crippen LogP contribution in [0.3, 0.4) is 0 Å². The number of anilines is 2. The van der Waals surface area contributed by atoms with Gasteiger partial charge in [0.25, 0.3) is 0 Å². The summed E-state index contributed by atoms with van der Waals surface area (Å²) in [6.07, 6.45) is 0.